The first-order valence-corrected chi connectivity index (χ1v) is 12.5. The lowest BCUT2D eigenvalue weighted by molar-refractivity contribution is -0.143. The molecule has 3 amide bonds. The summed E-state index contributed by atoms with van der Waals surface area (Å²) in [7, 11) is 0. The summed E-state index contributed by atoms with van der Waals surface area (Å²) in [6, 6.07) is -4.81. The number of carbonyl (C=O) groups excluding carboxylic acids is 3. The number of nitrogens with two attached hydrogens (primary N) is 1. The number of hydrogen-bond donors (Lipinski definition) is 7. The van der Waals surface area contributed by atoms with Crippen LogP contribution in [0, 0.1) is 5.92 Å². The molecule has 0 aliphatic rings. The molecule has 5 atom stereocenters. The van der Waals surface area contributed by atoms with Gasteiger partial charge in [0.1, 0.15) is 18.1 Å². The number of aliphatic carboxylic acids is 3. The Kier molecular flexibility index (Phi) is 15.3. The summed E-state index contributed by atoms with van der Waals surface area (Å²) >= 11 is 1.40. The van der Waals surface area contributed by atoms with Gasteiger partial charge in [-0.3, -0.25) is 24.0 Å². The molecule has 14 heteroatoms. The molecule has 200 valence electrons. The van der Waals surface area contributed by atoms with Crippen LogP contribution in [0.25, 0.3) is 0 Å². The molecular weight excluding hydrogens is 484 g/mol. The predicted octanol–water partition coefficient (Wildman–Crippen LogP) is -0.618. The maximum absolute atomic E-state index is 13.0. The molecule has 13 nitrogen and oxygen atoms in total. The fraction of sp³-hybridized carbons (Fsp3) is 0.714. The first-order chi connectivity index (χ1) is 16.3. The molecule has 0 aromatic heterocycles. The molecule has 0 saturated carbocycles. The molecule has 0 saturated heterocycles. The van der Waals surface area contributed by atoms with E-state index in [-0.39, 0.29) is 31.6 Å². The molecule has 0 aliphatic carbocycles. The molecule has 0 aromatic rings. The third-order valence-corrected chi connectivity index (χ3v) is 5.95. The highest BCUT2D eigenvalue weighted by molar-refractivity contribution is 7.98. The van der Waals surface area contributed by atoms with Gasteiger partial charge < -0.3 is 37.0 Å². The summed E-state index contributed by atoms with van der Waals surface area (Å²) in [6.07, 6.45) is 1.18. The topological polar surface area (TPSA) is 225 Å². The van der Waals surface area contributed by atoms with Crippen molar-refractivity contribution in [1.82, 2.24) is 16.0 Å². The van der Waals surface area contributed by atoms with Crippen LogP contribution >= 0.6 is 11.8 Å². The molecule has 0 spiro atoms. The van der Waals surface area contributed by atoms with Crippen molar-refractivity contribution in [3.8, 4) is 0 Å². The SMILES string of the molecule is CCC(C)C(NC(=O)C(N)CCC(=O)O)C(=O)NC(CCSC)C(=O)NC(CCC(=O)O)C(=O)O. The van der Waals surface area contributed by atoms with Gasteiger partial charge in [0, 0.05) is 12.8 Å². The molecular formula is C21H36N4O9S. The Morgan fingerprint density at radius 1 is 0.800 bits per heavy atom. The summed E-state index contributed by atoms with van der Waals surface area (Å²) in [5.41, 5.74) is 5.73. The summed E-state index contributed by atoms with van der Waals surface area (Å²) in [5, 5.41) is 34.2. The third-order valence-electron chi connectivity index (χ3n) is 5.30. The van der Waals surface area contributed by atoms with E-state index in [0.717, 1.165) is 0 Å². The first-order valence-electron chi connectivity index (χ1n) is 11.2. The van der Waals surface area contributed by atoms with E-state index in [1.807, 2.05) is 0 Å². The van der Waals surface area contributed by atoms with E-state index < -0.39 is 66.2 Å². The standard InChI is InChI=1S/C21H36N4O9S/c1-4-11(2)17(25-18(30)12(22)5-7-15(26)27)20(32)23-13(9-10-35-3)19(31)24-14(21(33)34)6-8-16(28)29/h11-14,17H,4-10,22H2,1-3H3,(H,23,32)(H,24,31)(H,25,30)(H,26,27)(H,28,29)(H,33,34). The lowest BCUT2D eigenvalue weighted by Gasteiger charge is -2.28. The maximum Gasteiger partial charge on any atom is 0.326 e. The number of carbonyl (C=O) groups is 6. The van der Waals surface area contributed by atoms with Gasteiger partial charge in [-0.2, -0.15) is 11.8 Å². The predicted molar refractivity (Wildman–Crippen MR) is 128 cm³/mol. The van der Waals surface area contributed by atoms with Crippen molar-refractivity contribution in [3.05, 3.63) is 0 Å². The van der Waals surface area contributed by atoms with Crippen LogP contribution in [-0.4, -0.2) is 87.1 Å². The minimum atomic E-state index is -1.45. The second-order valence-corrected chi connectivity index (χ2v) is 9.07. The smallest absolute Gasteiger partial charge is 0.326 e. The van der Waals surface area contributed by atoms with E-state index in [4.69, 9.17) is 15.9 Å². The van der Waals surface area contributed by atoms with Crippen LogP contribution in [0.4, 0.5) is 0 Å². The van der Waals surface area contributed by atoms with Crippen LogP contribution in [0.5, 0.6) is 0 Å². The van der Waals surface area contributed by atoms with E-state index >= 15 is 0 Å². The van der Waals surface area contributed by atoms with Gasteiger partial charge in [0.15, 0.2) is 0 Å². The number of nitrogens with one attached hydrogen (secondary N) is 3. The van der Waals surface area contributed by atoms with Crippen molar-refractivity contribution >= 4 is 47.4 Å². The van der Waals surface area contributed by atoms with E-state index in [0.29, 0.717) is 12.2 Å². The number of carboxylic acids is 3. The van der Waals surface area contributed by atoms with Crippen LogP contribution in [0.2, 0.25) is 0 Å². The van der Waals surface area contributed by atoms with E-state index in [9.17, 15) is 33.9 Å². The Balaban J connectivity index is 5.49. The van der Waals surface area contributed by atoms with E-state index in [1.54, 1.807) is 20.1 Å². The second-order valence-electron chi connectivity index (χ2n) is 8.09. The Labute approximate surface area is 208 Å². The van der Waals surface area contributed by atoms with Crippen molar-refractivity contribution in [3.63, 3.8) is 0 Å². The summed E-state index contributed by atoms with van der Waals surface area (Å²) < 4.78 is 0. The van der Waals surface area contributed by atoms with Gasteiger partial charge in [-0.25, -0.2) is 4.79 Å². The van der Waals surface area contributed by atoms with Crippen molar-refractivity contribution in [1.29, 1.82) is 0 Å². The monoisotopic (exact) mass is 520 g/mol. The maximum atomic E-state index is 13.0. The fourth-order valence-corrected chi connectivity index (χ4v) is 3.41. The highest BCUT2D eigenvalue weighted by Gasteiger charge is 2.32. The largest absolute Gasteiger partial charge is 0.481 e. The molecule has 0 bridgehead atoms. The molecule has 0 radical (unpaired) electrons. The zero-order chi connectivity index (χ0) is 27.1. The quantitative estimate of drug-likeness (QED) is 0.120. The summed E-state index contributed by atoms with van der Waals surface area (Å²) in [6.45, 7) is 3.50. The molecule has 0 fully saturated rings. The van der Waals surface area contributed by atoms with E-state index in [2.05, 4.69) is 16.0 Å². The molecule has 0 heterocycles. The zero-order valence-electron chi connectivity index (χ0n) is 20.1. The molecule has 35 heavy (non-hydrogen) atoms. The highest BCUT2D eigenvalue weighted by atomic mass is 32.2. The number of thioether (sulfide) groups is 1. The van der Waals surface area contributed by atoms with Crippen molar-refractivity contribution < 1.29 is 44.1 Å². The van der Waals surface area contributed by atoms with Crippen LogP contribution in [-0.2, 0) is 28.8 Å². The second kappa shape index (κ2) is 16.7. The summed E-state index contributed by atoms with van der Waals surface area (Å²) in [4.78, 5) is 71.2. The molecule has 5 unspecified atom stereocenters. The number of amides is 3. The van der Waals surface area contributed by atoms with Gasteiger partial charge in [-0.1, -0.05) is 20.3 Å². The molecule has 0 rings (SSSR count). The Bertz CT molecular complexity index is 765. The first kappa shape index (κ1) is 32.1. The Morgan fingerprint density at radius 3 is 1.83 bits per heavy atom. The van der Waals surface area contributed by atoms with Crippen LogP contribution in [0.15, 0.2) is 0 Å². The van der Waals surface area contributed by atoms with Gasteiger partial charge in [-0.05, 0) is 37.2 Å². The van der Waals surface area contributed by atoms with Gasteiger partial charge >= 0.3 is 17.9 Å². The van der Waals surface area contributed by atoms with Crippen LogP contribution in [0.1, 0.15) is 52.4 Å². The lowest BCUT2D eigenvalue weighted by atomic mass is 9.97. The van der Waals surface area contributed by atoms with E-state index in [1.165, 1.54) is 11.8 Å². The molecule has 0 aliphatic heterocycles. The molecule has 0 aromatic carbocycles. The zero-order valence-corrected chi connectivity index (χ0v) is 20.9. The van der Waals surface area contributed by atoms with Gasteiger partial charge in [-0.15, -0.1) is 0 Å². The van der Waals surface area contributed by atoms with Gasteiger partial charge in [0.2, 0.25) is 17.7 Å². The number of carboxylic acid groups (broad SMARTS) is 3. The van der Waals surface area contributed by atoms with Gasteiger partial charge in [0.25, 0.3) is 0 Å². The van der Waals surface area contributed by atoms with Crippen molar-refractivity contribution in [2.45, 2.75) is 76.5 Å². The van der Waals surface area contributed by atoms with Crippen molar-refractivity contribution in [2.75, 3.05) is 12.0 Å². The average Bonchev–Trinajstić information content (AvgIpc) is 2.79. The minimum absolute atomic E-state index is 0.123. The van der Waals surface area contributed by atoms with Gasteiger partial charge in [0.05, 0.1) is 6.04 Å². The fourth-order valence-electron chi connectivity index (χ4n) is 2.94. The van der Waals surface area contributed by atoms with Crippen molar-refractivity contribution in [2.24, 2.45) is 11.7 Å². The van der Waals surface area contributed by atoms with Crippen LogP contribution in [0.3, 0.4) is 0 Å². The average molecular weight is 521 g/mol. The normalized spacial score (nSPS) is 15.1. The summed E-state index contributed by atoms with van der Waals surface area (Å²) in [5.74, 6) is -5.84. The Morgan fingerprint density at radius 2 is 1.34 bits per heavy atom. The lowest BCUT2D eigenvalue weighted by Crippen LogP contribution is -2.58. The third kappa shape index (κ3) is 13.0. The highest BCUT2D eigenvalue weighted by Crippen LogP contribution is 2.11. The van der Waals surface area contributed by atoms with Crippen LogP contribution < -0.4 is 21.7 Å². The Hall–Kier alpha value is -2.87. The number of rotatable bonds is 18. The number of hydrogen-bond acceptors (Lipinski definition) is 8. The molecule has 8 N–H and O–H groups in total. The minimum Gasteiger partial charge on any atom is -0.481 e.